The number of carbonyl (C=O) groups is 2. The number of methoxy groups -OCH3 is 1. The molecule has 1 aromatic carbocycles. The predicted octanol–water partition coefficient (Wildman–Crippen LogP) is 3.89. The predicted molar refractivity (Wildman–Crippen MR) is 104 cm³/mol. The zero-order valence-electron chi connectivity index (χ0n) is 16.6. The molecule has 0 saturated heterocycles. The summed E-state index contributed by atoms with van der Waals surface area (Å²) in [6, 6.07) is 6.49. The summed E-state index contributed by atoms with van der Waals surface area (Å²) in [6.45, 7) is 5.65. The van der Waals surface area contributed by atoms with Gasteiger partial charge >= 0.3 is 12.1 Å². The van der Waals surface area contributed by atoms with Crippen molar-refractivity contribution in [2.24, 2.45) is 11.8 Å². The summed E-state index contributed by atoms with van der Waals surface area (Å²) in [4.78, 5) is 23.6. The summed E-state index contributed by atoms with van der Waals surface area (Å²) in [6.07, 6.45) is 7.06. The third-order valence-electron chi connectivity index (χ3n) is 5.41. The molecule has 0 spiro atoms. The van der Waals surface area contributed by atoms with Crippen LogP contribution in [0.4, 0.5) is 4.79 Å². The second-order valence-electron chi connectivity index (χ2n) is 8.56. The maximum absolute atomic E-state index is 12.3. The number of alkyl carbamates (subject to hydrolysis) is 1. The van der Waals surface area contributed by atoms with Gasteiger partial charge in [0.15, 0.2) is 0 Å². The highest BCUT2D eigenvalue weighted by Gasteiger charge is 2.40. The van der Waals surface area contributed by atoms with Crippen LogP contribution in [0.25, 0.3) is 6.08 Å². The Morgan fingerprint density at radius 1 is 1.11 bits per heavy atom. The largest absolute Gasteiger partial charge is 0.466 e. The highest BCUT2D eigenvalue weighted by molar-refractivity contribution is 5.86. The Morgan fingerprint density at radius 3 is 2.41 bits per heavy atom. The maximum atomic E-state index is 12.3. The number of amides is 1. The molecule has 1 amide bonds. The van der Waals surface area contributed by atoms with E-state index in [1.165, 1.54) is 24.3 Å². The molecular formula is C22H29NO4. The summed E-state index contributed by atoms with van der Waals surface area (Å²) in [5.41, 5.74) is 3.16. The van der Waals surface area contributed by atoms with Crippen LogP contribution in [0.5, 0.6) is 0 Å². The SMILES string of the molecule is COC(=O)C=Cc1ccc2c(c1)CC1CCC(C2)C1NC(=O)OC(C)(C)C. The molecule has 3 rings (SSSR count). The van der Waals surface area contributed by atoms with Crippen molar-refractivity contribution in [2.45, 2.75) is 58.1 Å². The number of nitrogens with one attached hydrogen (secondary N) is 1. The molecule has 5 heteroatoms. The highest BCUT2D eigenvalue weighted by Crippen LogP contribution is 2.40. The van der Waals surface area contributed by atoms with Gasteiger partial charge in [0.2, 0.25) is 0 Å². The topological polar surface area (TPSA) is 64.6 Å². The number of hydrogen-bond acceptors (Lipinski definition) is 4. The van der Waals surface area contributed by atoms with E-state index in [2.05, 4.69) is 22.2 Å². The quantitative estimate of drug-likeness (QED) is 0.647. The van der Waals surface area contributed by atoms with E-state index in [1.54, 1.807) is 6.08 Å². The Bertz CT molecular complexity index is 747. The van der Waals surface area contributed by atoms with Gasteiger partial charge in [-0.15, -0.1) is 0 Å². The van der Waals surface area contributed by atoms with Crippen molar-refractivity contribution in [3.05, 3.63) is 41.0 Å². The molecule has 0 aliphatic heterocycles. The molecule has 0 radical (unpaired) electrons. The fourth-order valence-corrected chi connectivity index (χ4v) is 4.25. The smallest absolute Gasteiger partial charge is 0.407 e. The van der Waals surface area contributed by atoms with Crippen LogP contribution < -0.4 is 5.32 Å². The van der Waals surface area contributed by atoms with Gasteiger partial charge in [0.25, 0.3) is 0 Å². The molecule has 1 saturated carbocycles. The van der Waals surface area contributed by atoms with Gasteiger partial charge in [-0.3, -0.25) is 0 Å². The summed E-state index contributed by atoms with van der Waals surface area (Å²) >= 11 is 0. The molecule has 1 aromatic rings. The Balaban J connectivity index is 1.74. The molecular weight excluding hydrogens is 342 g/mol. The Kier molecular flexibility index (Phi) is 5.59. The lowest BCUT2D eigenvalue weighted by atomic mass is 9.92. The molecule has 1 N–H and O–H groups in total. The standard InChI is InChI=1S/C22H29NO4/c1-22(2,3)27-21(25)23-20-16-8-9-17(20)13-18-11-14(5-7-15(18)12-16)6-10-19(24)26-4/h5-7,10-11,16-17,20H,8-9,12-13H2,1-4H3,(H,23,25). The summed E-state index contributed by atoms with van der Waals surface area (Å²) in [7, 11) is 1.37. The third-order valence-corrected chi connectivity index (χ3v) is 5.41. The fraction of sp³-hybridized carbons (Fsp3) is 0.545. The van der Waals surface area contributed by atoms with Crippen molar-refractivity contribution in [2.75, 3.05) is 7.11 Å². The van der Waals surface area contributed by atoms with Gasteiger partial charge in [-0.25, -0.2) is 9.59 Å². The van der Waals surface area contributed by atoms with Crippen molar-refractivity contribution >= 4 is 18.1 Å². The number of benzene rings is 1. The summed E-state index contributed by atoms with van der Waals surface area (Å²) in [5, 5.41) is 3.14. The van der Waals surface area contributed by atoms with Crippen LogP contribution >= 0.6 is 0 Å². The molecule has 27 heavy (non-hydrogen) atoms. The second kappa shape index (κ2) is 7.75. The maximum Gasteiger partial charge on any atom is 0.407 e. The first kappa shape index (κ1) is 19.5. The number of carbonyl (C=O) groups excluding carboxylic acids is 2. The van der Waals surface area contributed by atoms with Crippen LogP contribution in [0.2, 0.25) is 0 Å². The van der Waals surface area contributed by atoms with E-state index in [-0.39, 0.29) is 18.1 Å². The molecule has 5 nitrogen and oxygen atoms in total. The number of ether oxygens (including phenoxy) is 2. The van der Waals surface area contributed by atoms with Gasteiger partial charge in [0.05, 0.1) is 7.11 Å². The van der Waals surface area contributed by atoms with Gasteiger partial charge in [-0.2, -0.15) is 0 Å². The van der Waals surface area contributed by atoms with Crippen molar-refractivity contribution < 1.29 is 19.1 Å². The molecule has 1 fully saturated rings. The van der Waals surface area contributed by atoms with E-state index in [0.29, 0.717) is 11.8 Å². The first-order valence-corrected chi connectivity index (χ1v) is 9.62. The van der Waals surface area contributed by atoms with Crippen LogP contribution in [0.3, 0.4) is 0 Å². The van der Waals surface area contributed by atoms with E-state index >= 15 is 0 Å². The number of fused-ring (bicyclic) bond motifs is 3. The number of hydrogen-bond donors (Lipinski definition) is 1. The van der Waals surface area contributed by atoms with Gasteiger partial charge < -0.3 is 14.8 Å². The fourth-order valence-electron chi connectivity index (χ4n) is 4.25. The van der Waals surface area contributed by atoms with E-state index < -0.39 is 5.60 Å². The molecule has 146 valence electrons. The Morgan fingerprint density at radius 2 is 1.78 bits per heavy atom. The lowest BCUT2D eigenvalue weighted by molar-refractivity contribution is -0.134. The normalized spacial score (nSPS) is 24.2. The molecule has 2 aliphatic rings. The highest BCUT2D eigenvalue weighted by atomic mass is 16.6. The minimum Gasteiger partial charge on any atom is -0.466 e. The van der Waals surface area contributed by atoms with Gasteiger partial charge in [-0.1, -0.05) is 18.2 Å². The average Bonchev–Trinajstić information content (AvgIpc) is 2.85. The number of rotatable bonds is 3. The van der Waals surface area contributed by atoms with Crippen LogP contribution in [-0.2, 0) is 27.1 Å². The lowest BCUT2D eigenvalue weighted by Crippen LogP contribution is -2.44. The Hall–Kier alpha value is -2.30. The third kappa shape index (κ3) is 4.90. The van der Waals surface area contributed by atoms with Crippen molar-refractivity contribution in [1.29, 1.82) is 0 Å². The minimum atomic E-state index is -0.488. The first-order valence-electron chi connectivity index (χ1n) is 9.62. The van der Waals surface area contributed by atoms with E-state index in [0.717, 1.165) is 31.2 Å². The van der Waals surface area contributed by atoms with Gasteiger partial charge in [0, 0.05) is 12.1 Å². The van der Waals surface area contributed by atoms with E-state index in [9.17, 15) is 9.59 Å². The zero-order chi connectivity index (χ0) is 19.6. The monoisotopic (exact) mass is 371 g/mol. The zero-order valence-corrected chi connectivity index (χ0v) is 16.6. The first-order chi connectivity index (χ1) is 12.7. The van der Waals surface area contributed by atoms with Crippen LogP contribution in [0, 0.1) is 11.8 Å². The van der Waals surface area contributed by atoms with Crippen molar-refractivity contribution in [1.82, 2.24) is 5.32 Å². The van der Waals surface area contributed by atoms with Crippen LogP contribution in [-0.4, -0.2) is 30.8 Å². The van der Waals surface area contributed by atoms with E-state index in [1.807, 2.05) is 26.8 Å². The van der Waals surface area contributed by atoms with Gasteiger partial charge in [-0.05, 0) is 81.1 Å². The Labute approximate surface area is 161 Å². The minimum absolute atomic E-state index is 0.154. The van der Waals surface area contributed by atoms with E-state index in [4.69, 9.17) is 4.74 Å². The average molecular weight is 371 g/mol. The molecule has 2 aliphatic carbocycles. The summed E-state index contributed by atoms with van der Waals surface area (Å²) < 4.78 is 10.1. The molecule has 0 heterocycles. The van der Waals surface area contributed by atoms with Crippen LogP contribution in [0.1, 0.15) is 50.3 Å². The number of esters is 1. The molecule has 0 aromatic heterocycles. The van der Waals surface area contributed by atoms with Crippen molar-refractivity contribution in [3.63, 3.8) is 0 Å². The lowest BCUT2D eigenvalue weighted by Gasteiger charge is -2.26. The van der Waals surface area contributed by atoms with Crippen LogP contribution in [0.15, 0.2) is 24.3 Å². The second-order valence-corrected chi connectivity index (χ2v) is 8.56. The molecule has 3 atom stereocenters. The molecule has 3 unspecified atom stereocenters. The van der Waals surface area contributed by atoms with Crippen molar-refractivity contribution in [3.8, 4) is 0 Å². The summed E-state index contributed by atoms with van der Waals surface area (Å²) in [5.74, 6) is 0.509. The van der Waals surface area contributed by atoms with Gasteiger partial charge in [0.1, 0.15) is 5.60 Å². The molecule has 2 bridgehead atoms.